The molecule has 0 saturated carbocycles. The number of nitrogens with zero attached hydrogens (tertiary/aromatic N) is 2. The zero-order valence-electron chi connectivity index (χ0n) is 14.4. The summed E-state index contributed by atoms with van der Waals surface area (Å²) in [6.07, 6.45) is 1.76. The molecule has 25 heavy (non-hydrogen) atoms. The Labute approximate surface area is 146 Å². The molecule has 0 aliphatic carbocycles. The fourth-order valence-electron chi connectivity index (χ4n) is 2.37. The summed E-state index contributed by atoms with van der Waals surface area (Å²) in [4.78, 5) is 18.4. The van der Waals surface area contributed by atoms with E-state index in [1.807, 2.05) is 67.5 Å². The average Bonchev–Trinajstić information content (AvgIpc) is 2.95. The lowest BCUT2D eigenvalue weighted by Gasteiger charge is -2.11. The van der Waals surface area contributed by atoms with E-state index in [-0.39, 0.29) is 5.91 Å². The number of hydrogen-bond donors (Lipinski definition) is 2. The van der Waals surface area contributed by atoms with E-state index in [1.165, 1.54) is 0 Å². The van der Waals surface area contributed by atoms with Gasteiger partial charge in [-0.2, -0.15) is 0 Å². The smallest absolute Gasteiger partial charge is 0.276 e. The highest BCUT2D eigenvalue weighted by Crippen LogP contribution is 2.18. The topological polar surface area (TPSA) is 66.0 Å². The fraction of sp³-hybridized carbons (Fsp3) is 0.158. The first-order valence-corrected chi connectivity index (χ1v) is 7.85. The summed E-state index contributed by atoms with van der Waals surface area (Å²) < 4.78 is 5.12. The van der Waals surface area contributed by atoms with E-state index in [0.29, 0.717) is 11.7 Å². The van der Waals surface area contributed by atoms with Crippen LogP contribution in [-0.4, -0.2) is 33.1 Å². The molecule has 2 N–H and O–H groups in total. The highest BCUT2D eigenvalue weighted by atomic mass is 16.5. The SMILES string of the molecule is COc1ccc(NC2=N/C(=C\c3ccc(N(C)C)cc3)C(=O)N2)cc1. The number of aliphatic imine (C=N–C) groups is 1. The predicted octanol–water partition coefficient (Wildman–Crippen LogP) is 2.70. The van der Waals surface area contributed by atoms with Crippen LogP contribution in [0.15, 0.2) is 59.2 Å². The first-order valence-electron chi connectivity index (χ1n) is 7.85. The molecule has 0 radical (unpaired) electrons. The van der Waals surface area contributed by atoms with Crippen LogP contribution in [-0.2, 0) is 4.79 Å². The van der Waals surface area contributed by atoms with Crippen LogP contribution in [0, 0.1) is 0 Å². The molecule has 0 atom stereocenters. The lowest BCUT2D eigenvalue weighted by Crippen LogP contribution is -2.29. The Bertz CT molecular complexity index is 822. The average molecular weight is 336 g/mol. The van der Waals surface area contributed by atoms with E-state index in [0.717, 1.165) is 22.7 Å². The van der Waals surface area contributed by atoms with Crippen LogP contribution in [0.25, 0.3) is 6.08 Å². The second kappa shape index (κ2) is 7.09. The summed E-state index contributed by atoms with van der Waals surface area (Å²) in [5, 5.41) is 5.80. The van der Waals surface area contributed by atoms with Crippen molar-refractivity contribution in [2.45, 2.75) is 0 Å². The molecule has 1 heterocycles. The number of nitrogens with one attached hydrogen (secondary N) is 2. The number of carbonyl (C=O) groups is 1. The maximum absolute atomic E-state index is 12.1. The molecule has 0 bridgehead atoms. The zero-order valence-corrected chi connectivity index (χ0v) is 14.4. The molecule has 0 unspecified atom stereocenters. The fourth-order valence-corrected chi connectivity index (χ4v) is 2.37. The minimum Gasteiger partial charge on any atom is -0.497 e. The van der Waals surface area contributed by atoms with Crippen LogP contribution in [0.1, 0.15) is 5.56 Å². The highest BCUT2D eigenvalue weighted by Gasteiger charge is 2.20. The van der Waals surface area contributed by atoms with Crippen LogP contribution in [0.4, 0.5) is 11.4 Å². The number of guanidine groups is 1. The molecule has 2 aromatic carbocycles. The number of hydrogen-bond acceptors (Lipinski definition) is 5. The Morgan fingerprint density at radius 2 is 1.76 bits per heavy atom. The molecule has 0 fully saturated rings. The van der Waals surface area contributed by atoms with Gasteiger partial charge in [-0.05, 0) is 48.0 Å². The number of benzene rings is 2. The van der Waals surface area contributed by atoms with Gasteiger partial charge in [-0.25, -0.2) is 4.99 Å². The van der Waals surface area contributed by atoms with E-state index in [2.05, 4.69) is 15.6 Å². The third-order valence-electron chi connectivity index (χ3n) is 3.76. The van der Waals surface area contributed by atoms with E-state index in [1.54, 1.807) is 13.2 Å². The highest BCUT2D eigenvalue weighted by molar-refractivity contribution is 6.17. The zero-order chi connectivity index (χ0) is 17.8. The number of anilines is 2. The molecule has 6 heteroatoms. The summed E-state index contributed by atoms with van der Waals surface area (Å²) in [7, 11) is 5.59. The van der Waals surface area contributed by atoms with Crippen LogP contribution in [0.5, 0.6) is 5.75 Å². The molecule has 128 valence electrons. The summed E-state index contributed by atoms with van der Waals surface area (Å²) in [5.41, 5.74) is 3.21. The van der Waals surface area contributed by atoms with Crippen molar-refractivity contribution in [2.24, 2.45) is 4.99 Å². The van der Waals surface area contributed by atoms with Gasteiger partial charge in [0.25, 0.3) is 5.91 Å². The van der Waals surface area contributed by atoms with Gasteiger partial charge < -0.3 is 15.0 Å². The van der Waals surface area contributed by atoms with Gasteiger partial charge in [-0.1, -0.05) is 12.1 Å². The van der Waals surface area contributed by atoms with E-state index in [4.69, 9.17) is 4.74 Å². The van der Waals surface area contributed by atoms with Gasteiger partial charge in [0.2, 0.25) is 5.96 Å². The van der Waals surface area contributed by atoms with Crippen molar-refractivity contribution in [3.8, 4) is 5.75 Å². The van der Waals surface area contributed by atoms with Crippen molar-refractivity contribution in [1.29, 1.82) is 0 Å². The van der Waals surface area contributed by atoms with Gasteiger partial charge in [-0.15, -0.1) is 0 Å². The lowest BCUT2D eigenvalue weighted by molar-refractivity contribution is -0.115. The molecular weight excluding hydrogens is 316 g/mol. The largest absolute Gasteiger partial charge is 0.497 e. The molecule has 1 amide bonds. The summed E-state index contributed by atoms with van der Waals surface area (Å²) in [6.45, 7) is 0. The first-order chi connectivity index (χ1) is 12.0. The summed E-state index contributed by atoms with van der Waals surface area (Å²) >= 11 is 0. The first kappa shape index (κ1) is 16.6. The van der Waals surface area contributed by atoms with Crippen LogP contribution < -0.4 is 20.3 Å². The minimum atomic E-state index is -0.229. The molecule has 0 spiro atoms. The quantitative estimate of drug-likeness (QED) is 0.843. The molecule has 6 nitrogen and oxygen atoms in total. The van der Waals surface area contributed by atoms with Crippen molar-refractivity contribution >= 4 is 29.3 Å². The third-order valence-corrected chi connectivity index (χ3v) is 3.76. The Morgan fingerprint density at radius 3 is 2.36 bits per heavy atom. The van der Waals surface area contributed by atoms with Crippen molar-refractivity contribution in [1.82, 2.24) is 5.32 Å². The number of carbonyl (C=O) groups excluding carboxylic acids is 1. The van der Waals surface area contributed by atoms with Crippen molar-refractivity contribution in [2.75, 3.05) is 31.4 Å². The van der Waals surface area contributed by atoms with Crippen LogP contribution in [0.2, 0.25) is 0 Å². The maximum Gasteiger partial charge on any atom is 0.276 e. The standard InChI is InChI=1S/C19H20N4O2/c1-23(2)15-8-4-13(5-9-15)12-17-18(24)22-19(21-17)20-14-6-10-16(25-3)11-7-14/h4-12H,1-3H3,(H2,20,21,22,24)/b17-12-. The van der Waals surface area contributed by atoms with Gasteiger partial charge in [0, 0.05) is 25.5 Å². The molecule has 1 aliphatic rings. The molecular formula is C19H20N4O2. The van der Waals surface area contributed by atoms with Crippen LogP contribution >= 0.6 is 0 Å². The van der Waals surface area contributed by atoms with Crippen molar-refractivity contribution < 1.29 is 9.53 Å². The Hall–Kier alpha value is -3.28. The number of methoxy groups -OCH3 is 1. The van der Waals surface area contributed by atoms with Crippen molar-refractivity contribution in [3.05, 3.63) is 59.8 Å². The molecule has 0 saturated heterocycles. The van der Waals surface area contributed by atoms with Crippen molar-refractivity contribution in [3.63, 3.8) is 0 Å². The number of ether oxygens (including phenoxy) is 1. The van der Waals surface area contributed by atoms with E-state index >= 15 is 0 Å². The van der Waals surface area contributed by atoms with E-state index in [9.17, 15) is 4.79 Å². The predicted molar refractivity (Wildman–Crippen MR) is 101 cm³/mol. The second-order valence-corrected chi connectivity index (χ2v) is 5.78. The summed E-state index contributed by atoms with van der Waals surface area (Å²) in [6, 6.07) is 15.3. The molecule has 0 aromatic heterocycles. The maximum atomic E-state index is 12.1. The van der Waals surface area contributed by atoms with Crippen LogP contribution in [0.3, 0.4) is 0 Å². The number of rotatable bonds is 4. The summed E-state index contributed by atoms with van der Waals surface area (Å²) in [5.74, 6) is 0.948. The Kier molecular flexibility index (Phi) is 4.70. The Balaban J connectivity index is 1.74. The number of amides is 1. The normalized spacial score (nSPS) is 14.9. The molecule has 2 aromatic rings. The Morgan fingerprint density at radius 1 is 1.08 bits per heavy atom. The monoisotopic (exact) mass is 336 g/mol. The molecule has 3 rings (SSSR count). The lowest BCUT2D eigenvalue weighted by atomic mass is 10.1. The van der Waals surface area contributed by atoms with E-state index < -0.39 is 0 Å². The van der Waals surface area contributed by atoms with Gasteiger partial charge in [0.05, 0.1) is 7.11 Å². The van der Waals surface area contributed by atoms with Gasteiger partial charge in [-0.3, -0.25) is 10.1 Å². The second-order valence-electron chi connectivity index (χ2n) is 5.78. The minimum absolute atomic E-state index is 0.229. The van der Waals surface area contributed by atoms with Gasteiger partial charge in [0.1, 0.15) is 11.4 Å². The molecule has 1 aliphatic heterocycles. The third kappa shape index (κ3) is 3.98. The van der Waals surface area contributed by atoms with Gasteiger partial charge in [0.15, 0.2) is 0 Å². The van der Waals surface area contributed by atoms with Gasteiger partial charge >= 0.3 is 0 Å².